The van der Waals surface area contributed by atoms with Gasteiger partial charge in [0.2, 0.25) is 5.91 Å². The highest BCUT2D eigenvalue weighted by Gasteiger charge is 2.48. The van der Waals surface area contributed by atoms with Crippen molar-refractivity contribution in [2.75, 3.05) is 5.32 Å². The summed E-state index contributed by atoms with van der Waals surface area (Å²) in [6.07, 6.45) is -4.84. The van der Waals surface area contributed by atoms with E-state index in [2.05, 4.69) is 35.3 Å². The van der Waals surface area contributed by atoms with E-state index >= 15 is 0 Å². The number of nitrogens with one attached hydrogen (secondary N) is 2. The lowest BCUT2D eigenvalue weighted by molar-refractivity contribution is -0.135. The highest BCUT2D eigenvalue weighted by atomic mass is 19.4. The minimum Gasteiger partial charge on any atom is -0.324 e. The van der Waals surface area contributed by atoms with Crippen molar-refractivity contribution in [1.82, 2.24) is 34.5 Å². The molecule has 1 amide bonds. The van der Waals surface area contributed by atoms with Crippen molar-refractivity contribution in [3.8, 4) is 11.5 Å². The van der Waals surface area contributed by atoms with Crippen LogP contribution in [0.15, 0.2) is 35.6 Å². The molecule has 5 rings (SSSR count). The molecule has 0 fully saturated rings. The van der Waals surface area contributed by atoms with Gasteiger partial charge in [-0.15, -0.1) is 0 Å². The van der Waals surface area contributed by atoms with Crippen molar-refractivity contribution in [1.29, 1.82) is 0 Å². The first-order valence-corrected chi connectivity index (χ1v) is 10.9. The Labute approximate surface area is 204 Å². The van der Waals surface area contributed by atoms with E-state index in [0.717, 1.165) is 12.3 Å². The van der Waals surface area contributed by atoms with Crippen molar-refractivity contribution in [3.63, 3.8) is 0 Å². The first kappa shape index (κ1) is 24.4. The van der Waals surface area contributed by atoms with Crippen LogP contribution in [0.3, 0.4) is 0 Å². The molecule has 0 radical (unpaired) electrons. The van der Waals surface area contributed by atoms with Gasteiger partial charge in [-0.2, -0.15) is 23.3 Å². The third-order valence-corrected chi connectivity index (χ3v) is 6.11. The molecule has 2 N–H and O–H groups in total. The Morgan fingerprint density at radius 2 is 1.92 bits per heavy atom. The van der Waals surface area contributed by atoms with Crippen molar-refractivity contribution < 1.29 is 26.7 Å². The van der Waals surface area contributed by atoms with Crippen LogP contribution in [-0.2, 0) is 16.6 Å². The fourth-order valence-corrected chi connectivity index (χ4v) is 4.21. The largest absolute Gasteiger partial charge is 0.389 e. The molecule has 1 atom stereocenters. The molecule has 37 heavy (non-hydrogen) atoms. The number of fused-ring (bicyclic) bond motifs is 2. The summed E-state index contributed by atoms with van der Waals surface area (Å²) in [5.74, 6) is -0.676. The van der Waals surface area contributed by atoms with Gasteiger partial charge in [-0.25, -0.2) is 23.3 Å². The molecule has 0 saturated carbocycles. The number of aromatic nitrogens is 7. The van der Waals surface area contributed by atoms with E-state index in [1.807, 2.05) is 0 Å². The van der Waals surface area contributed by atoms with Crippen LogP contribution in [0.5, 0.6) is 0 Å². The minimum absolute atomic E-state index is 0.0151. The highest BCUT2D eigenvalue weighted by molar-refractivity contribution is 6.07. The number of nitrogens with zero attached hydrogens (tertiary/aromatic N) is 6. The van der Waals surface area contributed by atoms with E-state index in [0.29, 0.717) is 0 Å². The zero-order chi connectivity index (χ0) is 26.5. The van der Waals surface area contributed by atoms with E-state index in [4.69, 9.17) is 0 Å². The quantitative estimate of drug-likeness (QED) is 0.373. The Bertz CT molecular complexity index is 1560. The molecule has 1 aliphatic rings. The topological polar surface area (TPSA) is 131 Å². The van der Waals surface area contributed by atoms with Gasteiger partial charge in [0.1, 0.15) is 23.3 Å². The van der Waals surface area contributed by atoms with Crippen molar-refractivity contribution >= 4 is 17.4 Å². The summed E-state index contributed by atoms with van der Waals surface area (Å²) in [5, 5.41) is 6.57. The van der Waals surface area contributed by atoms with Gasteiger partial charge in [-0.1, -0.05) is 0 Å². The van der Waals surface area contributed by atoms with Crippen LogP contribution in [0.1, 0.15) is 48.7 Å². The lowest BCUT2D eigenvalue weighted by Crippen LogP contribution is -2.37. The molecule has 1 unspecified atom stereocenters. The fraction of sp³-hybridized carbons (Fsp3) is 0.318. The van der Waals surface area contributed by atoms with Crippen molar-refractivity contribution in [3.05, 3.63) is 63.7 Å². The molecule has 0 aromatic carbocycles. The van der Waals surface area contributed by atoms with Crippen LogP contribution in [0.2, 0.25) is 0 Å². The molecule has 10 nitrogen and oxygen atoms in total. The third-order valence-electron chi connectivity index (χ3n) is 6.11. The second-order valence-electron chi connectivity index (χ2n) is 8.57. The molecule has 192 valence electrons. The number of anilines is 1. The first-order valence-electron chi connectivity index (χ1n) is 10.9. The number of aromatic amines is 1. The number of aryl methyl sites for hydroxylation is 1. The number of carbonyl (C=O) groups is 1. The summed E-state index contributed by atoms with van der Waals surface area (Å²) >= 11 is 0. The molecule has 0 bridgehead atoms. The summed E-state index contributed by atoms with van der Waals surface area (Å²) in [5.41, 5.74) is -2.18. The zero-order valence-electron chi connectivity index (χ0n) is 19.0. The summed E-state index contributed by atoms with van der Waals surface area (Å²) < 4.78 is 65.0. The Morgan fingerprint density at radius 3 is 2.59 bits per heavy atom. The van der Waals surface area contributed by atoms with Gasteiger partial charge in [0, 0.05) is 18.2 Å². The van der Waals surface area contributed by atoms with Crippen LogP contribution in [0.25, 0.3) is 17.2 Å². The smallest absolute Gasteiger partial charge is 0.324 e. The molecule has 0 spiro atoms. The number of alkyl halides is 5. The van der Waals surface area contributed by atoms with E-state index in [-0.39, 0.29) is 58.3 Å². The molecule has 1 aliphatic heterocycles. The van der Waals surface area contributed by atoms with Crippen molar-refractivity contribution in [2.45, 2.75) is 44.2 Å². The van der Waals surface area contributed by atoms with Gasteiger partial charge < -0.3 is 10.3 Å². The maximum Gasteiger partial charge on any atom is 0.389 e. The number of pyridine rings is 1. The zero-order valence-corrected chi connectivity index (χ0v) is 19.0. The number of halogens is 5. The minimum atomic E-state index is -4.33. The van der Waals surface area contributed by atoms with E-state index < -0.39 is 35.9 Å². The van der Waals surface area contributed by atoms with Gasteiger partial charge in [0.15, 0.2) is 11.5 Å². The van der Waals surface area contributed by atoms with Crippen molar-refractivity contribution in [2.24, 2.45) is 0 Å². The SMILES string of the molecule is CC1(c2ccc(C(F)F)cn2)C(=O)Nc2[nH]c(-c3cn4ncnc4c(CCCC(F)(F)F)n3)nc(=O)c21. The Kier molecular flexibility index (Phi) is 5.72. The average molecular weight is 520 g/mol. The van der Waals surface area contributed by atoms with Crippen LogP contribution >= 0.6 is 0 Å². The molecule has 0 aliphatic carbocycles. The summed E-state index contributed by atoms with van der Waals surface area (Å²) in [6.45, 7) is 1.42. The van der Waals surface area contributed by atoms with Crippen LogP contribution in [0, 0.1) is 0 Å². The van der Waals surface area contributed by atoms with E-state index in [9.17, 15) is 31.5 Å². The van der Waals surface area contributed by atoms with Crippen LogP contribution < -0.4 is 10.9 Å². The number of hydrogen-bond donors (Lipinski definition) is 2. The molecule has 0 saturated heterocycles. The summed E-state index contributed by atoms with van der Waals surface area (Å²) in [4.78, 5) is 45.3. The maximum atomic E-state index is 13.1. The standard InChI is InChI=1S/C22H17F5N8O2/c1-21(13-5-4-10(7-28-13)15(23)24)14-17(34-20(21)37)32-16(33-19(14)36)12-8-35-18(29-9-30-35)11(31-12)3-2-6-22(25,26)27/h4-5,7-9,15H,2-3,6H2,1H3,(H2,32,33,34,36,37). The van der Waals surface area contributed by atoms with Crippen LogP contribution in [-0.4, -0.2) is 46.6 Å². The molecular formula is C22H17F5N8O2. The molecular weight excluding hydrogens is 503 g/mol. The van der Waals surface area contributed by atoms with Gasteiger partial charge >= 0.3 is 6.18 Å². The summed E-state index contributed by atoms with van der Waals surface area (Å²) in [7, 11) is 0. The lowest BCUT2D eigenvalue weighted by Gasteiger charge is -2.20. The van der Waals surface area contributed by atoms with E-state index in [1.54, 1.807) is 0 Å². The fourth-order valence-electron chi connectivity index (χ4n) is 4.21. The van der Waals surface area contributed by atoms with E-state index in [1.165, 1.54) is 30.0 Å². The monoisotopic (exact) mass is 520 g/mol. The van der Waals surface area contributed by atoms with Gasteiger partial charge in [-0.3, -0.25) is 14.6 Å². The Hall–Kier alpha value is -4.30. The predicted octanol–water partition coefficient (Wildman–Crippen LogP) is 3.35. The average Bonchev–Trinajstić information content (AvgIpc) is 3.41. The molecule has 15 heteroatoms. The number of carbonyl (C=O) groups excluding carboxylic acids is 1. The van der Waals surface area contributed by atoms with Gasteiger partial charge in [0.05, 0.1) is 23.1 Å². The lowest BCUT2D eigenvalue weighted by atomic mass is 9.81. The Balaban J connectivity index is 1.55. The molecule has 4 aromatic rings. The highest BCUT2D eigenvalue weighted by Crippen LogP contribution is 2.39. The Morgan fingerprint density at radius 1 is 1.14 bits per heavy atom. The second kappa shape index (κ2) is 8.67. The molecule has 4 aromatic heterocycles. The number of rotatable bonds is 6. The van der Waals surface area contributed by atoms with Crippen LogP contribution in [0.4, 0.5) is 27.8 Å². The number of amides is 1. The predicted molar refractivity (Wildman–Crippen MR) is 118 cm³/mol. The number of H-pyrrole nitrogens is 1. The second-order valence-corrected chi connectivity index (χ2v) is 8.57. The summed E-state index contributed by atoms with van der Waals surface area (Å²) in [6, 6.07) is 2.37. The maximum absolute atomic E-state index is 13.1. The normalized spacial score (nSPS) is 17.4. The third kappa shape index (κ3) is 4.29. The first-order chi connectivity index (χ1) is 17.5. The number of hydrogen-bond acceptors (Lipinski definition) is 7. The molecule has 5 heterocycles. The van der Waals surface area contributed by atoms with Gasteiger partial charge in [0.25, 0.3) is 12.0 Å². The van der Waals surface area contributed by atoms with Gasteiger partial charge in [-0.05, 0) is 31.9 Å².